The first kappa shape index (κ1) is 28.3. The zero-order valence-corrected chi connectivity index (χ0v) is 21.2. The monoisotopic (exact) mass is 501 g/mol. The molecule has 2 rings (SSSR count). The lowest BCUT2D eigenvalue weighted by Gasteiger charge is -2.36. The lowest BCUT2D eigenvalue weighted by Crippen LogP contribution is -2.51. The summed E-state index contributed by atoms with van der Waals surface area (Å²) in [7, 11) is -4.45. The number of amides is 2. The van der Waals surface area contributed by atoms with Gasteiger partial charge in [0.05, 0.1) is 11.7 Å². The molecule has 35 heavy (non-hydrogen) atoms. The van der Waals surface area contributed by atoms with Crippen molar-refractivity contribution >= 4 is 25.2 Å². The number of carboxylic acid groups (broad SMARTS) is 1. The van der Waals surface area contributed by atoms with E-state index in [1.54, 1.807) is 60.7 Å². The molecule has 3 N–H and O–H groups in total. The zero-order valence-electron chi connectivity index (χ0n) is 20.3. The van der Waals surface area contributed by atoms with Crippen molar-refractivity contribution in [2.24, 2.45) is 11.8 Å². The fraction of sp³-hybridized carbons (Fsp3) is 0.423. The van der Waals surface area contributed by atoms with Crippen molar-refractivity contribution in [3.8, 4) is 0 Å². The molecule has 8 nitrogen and oxygen atoms in total. The van der Waals surface area contributed by atoms with Gasteiger partial charge < -0.3 is 25.2 Å². The highest BCUT2D eigenvalue weighted by atomic mass is 31.2. The maximum Gasteiger partial charge on any atom is 0.307 e. The van der Waals surface area contributed by atoms with Crippen LogP contribution in [0.5, 0.6) is 0 Å². The predicted octanol–water partition coefficient (Wildman–Crippen LogP) is 2.80. The van der Waals surface area contributed by atoms with Crippen LogP contribution in [0.4, 0.5) is 0 Å². The Balaban J connectivity index is 2.31. The molecule has 0 aliphatic heterocycles. The molecule has 0 saturated carbocycles. The maximum absolute atomic E-state index is 13.5. The minimum atomic E-state index is -4.45. The average molecular weight is 502 g/mol. The molecule has 0 aliphatic rings. The first-order valence-corrected chi connectivity index (χ1v) is 13.5. The van der Waals surface area contributed by atoms with E-state index in [0.29, 0.717) is 17.5 Å². The fourth-order valence-corrected chi connectivity index (χ4v) is 5.87. The van der Waals surface area contributed by atoms with Gasteiger partial charge in [0.25, 0.3) is 0 Å². The van der Waals surface area contributed by atoms with Gasteiger partial charge in [-0.2, -0.15) is 0 Å². The van der Waals surface area contributed by atoms with Crippen LogP contribution in [0.25, 0.3) is 0 Å². The number of rotatable bonds is 13. The molecule has 2 aromatic carbocycles. The molecule has 0 bridgehead atoms. The van der Waals surface area contributed by atoms with E-state index in [9.17, 15) is 28.9 Å². The number of carbonyl (C=O) groups excluding carboxylic acids is 2. The van der Waals surface area contributed by atoms with E-state index in [4.69, 9.17) is 0 Å². The molecule has 0 aliphatic carbocycles. The van der Waals surface area contributed by atoms with E-state index in [1.807, 2.05) is 13.8 Å². The van der Waals surface area contributed by atoms with E-state index >= 15 is 0 Å². The number of hydrogen-bond acceptors (Lipinski definition) is 5. The van der Waals surface area contributed by atoms with Gasteiger partial charge in [0, 0.05) is 20.5 Å². The summed E-state index contributed by atoms with van der Waals surface area (Å²) in [4.78, 5) is 50.2. The van der Waals surface area contributed by atoms with Gasteiger partial charge in [-0.05, 0) is 36.3 Å². The largest absolute Gasteiger partial charge is 0.798 e. The average Bonchev–Trinajstić information content (AvgIpc) is 2.78. The second-order valence-electron chi connectivity index (χ2n) is 9.23. The summed E-state index contributed by atoms with van der Waals surface area (Å²) >= 11 is 0. The second kappa shape index (κ2) is 13.2. The Morgan fingerprint density at radius 1 is 0.914 bits per heavy atom. The molecule has 9 heteroatoms. The van der Waals surface area contributed by atoms with E-state index < -0.39 is 49.1 Å². The van der Waals surface area contributed by atoms with Crippen LogP contribution in [0.3, 0.4) is 0 Å². The van der Waals surface area contributed by atoms with Crippen molar-refractivity contribution in [2.75, 3.05) is 6.16 Å². The van der Waals surface area contributed by atoms with Gasteiger partial charge in [-0.25, -0.2) is 0 Å². The number of benzene rings is 2. The number of hydrogen-bond donors (Lipinski definition) is 3. The van der Waals surface area contributed by atoms with E-state index in [0.717, 1.165) is 0 Å². The third kappa shape index (κ3) is 9.67. The quantitative estimate of drug-likeness (QED) is 0.361. The van der Waals surface area contributed by atoms with Gasteiger partial charge in [-0.1, -0.05) is 74.5 Å². The smallest absolute Gasteiger partial charge is 0.307 e. The van der Waals surface area contributed by atoms with Crippen molar-refractivity contribution in [1.82, 2.24) is 10.6 Å². The fourth-order valence-electron chi connectivity index (χ4n) is 3.90. The Hall–Kier alpha value is -2.96. The summed E-state index contributed by atoms with van der Waals surface area (Å²) in [6.07, 6.45) is -0.238. The Morgan fingerprint density at radius 3 is 1.89 bits per heavy atom. The molecule has 4 atom stereocenters. The Bertz CT molecular complexity index is 1030. The highest BCUT2D eigenvalue weighted by Crippen LogP contribution is 2.44. The number of carbonyl (C=O) groups is 3. The summed E-state index contributed by atoms with van der Waals surface area (Å²) in [6, 6.07) is 16.7. The van der Waals surface area contributed by atoms with Crippen molar-refractivity contribution in [3.05, 3.63) is 71.8 Å². The van der Waals surface area contributed by atoms with E-state index in [2.05, 4.69) is 10.6 Å². The lowest BCUT2D eigenvalue weighted by atomic mass is 10.0. The first-order chi connectivity index (χ1) is 16.5. The van der Waals surface area contributed by atoms with Gasteiger partial charge in [0.2, 0.25) is 11.8 Å². The standard InChI is InChI=1S/C26H35N2O6P/c1-18(2)14-23(27-19(3)29)25(30)28-24(16-21-12-8-5-9-13-21)35(33,34)17-22(26(31)32)15-20-10-6-4-7-11-20/h4-13,18,22-24H,14-17H2,1-3H3,(H,27,29)(H,28,30)(H,31,32)(H,33,34)/p-1/t22-,23+,24-/m1/s1. The molecule has 0 radical (unpaired) electrons. The summed E-state index contributed by atoms with van der Waals surface area (Å²) in [6.45, 7) is 5.08. The van der Waals surface area contributed by atoms with Crippen molar-refractivity contribution < 1.29 is 28.9 Å². The van der Waals surface area contributed by atoms with Crippen LogP contribution in [0.15, 0.2) is 60.7 Å². The van der Waals surface area contributed by atoms with Crippen LogP contribution < -0.4 is 15.5 Å². The van der Waals surface area contributed by atoms with Crippen LogP contribution in [-0.4, -0.2) is 40.9 Å². The number of nitrogens with one attached hydrogen (secondary N) is 2. The van der Waals surface area contributed by atoms with Crippen LogP contribution in [0.2, 0.25) is 0 Å². The van der Waals surface area contributed by atoms with Gasteiger partial charge in [-0.3, -0.25) is 14.4 Å². The molecule has 0 heterocycles. The number of carboxylic acids is 1. The first-order valence-electron chi connectivity index (χ1n) is 11.7. The van der Waals surface area contributed by atoms with Crippen LogP contribution >= 0.6 is 7.37 Å². The van der Waals surface area contributed by atoms with Gasteiger partial charge in [-0.15, -0.1) is 0 Å². The SMILES string of the molecule is CC(=O)N[C@@H](CC(C)C)C(=O)N[C@@H](Cc1ccccc1)P(=O)([O-])C[C@@H](Cc1ccccc1)C(=O)O. The topological polar surface area (TPSA) is 136 Å². The maximum atomic E-state index is 13.5. The predicted molar refractivity (Wildman–Crippen MR) is 133 cm³/mol. The highest BCUT2D eigenvalue weighted by molar-refractivity contribution is 7.57. The molecule has 190 valence electrons. The third-order valence-corrected chi connectivity index (χ3v) is 7.82. The zero-order chi connectivity index (χ0) is 26.0. The van der Waals surface area contributed by atoms with E-state index in [-0.39, 0.29) is 18.8 Å². The molecule has 0 aromatic heterocycles. The molecule has 0 spiro atoms. The minimum Gasteiger partial charge on any atom is -0.798 e. The van der Waals surface area contributed by atoms with Crippen molar-refractivity contribution in [1.29, 1.82) is 0 Å². The molecule has 0 saturated heterocycles. The molecular weight excluding hydrogens is 467 g/mol. The van der Waals surface area contributed by atoms with Crippen LogP contribution in [-0.2, 0) is 31.8 Å². The second-order valence-corrected chi connectivity index (χ2v) is 11.7. The highest BCUT2D eigenvalue weighted by Gasteiger charge is 2.32. The molecule has 2 aromatic rings. The molecule has 0 fully saturated rings. The third-order valence-electron chi connectivity index (χ3n) is 5.61. The molecule has 2 amide bonds. The van der Waals surface area contributed by atoms with Crippen molar-refractivity contribution in [3.63, 3.8) is 0 Å². The number of aliphatic carboxylic acids is 1. The summed E-state index contributed by atoms with van der Waals surface area (Å²) in [5.41, 5.74) is 1.40. The summed E-state index contributed by atoms with van der Waals surface area (Å²) in [5, 5.41) is 14.9. The van der Waals surface area contributed by atoms with Gasteiger partial charge >= 0.3 is 5.97 Å². The van der Waals surface area contributed by atoms with Crippen LogP contribution in [0.1, 0.15) is 38.3 Å². The summed E-state index contributed by atoms with van der Waals surface area (Å²) < 4.78 is 13.5. The van der Waals surface area contributed by atoms with Crippen LogP contribution in [0, 0.1) is 11.8 Å². The van der Waals surface area contributed by atoms with E-state index in [1.165, 1.54) is 6.92 Å². The Labute approximate surface area is 206 Å². The lowest BCUT2D eigenvalue weighted by molar-refractivity contribution is -0.180. The Kier molecular flexibility index (Phi) is 10.7. The van der Waals surface area contributed by atoms with Gasteiger partial charge in [0.15, 0.2) is 0 Å². The summed E-state index contributed by atoms with van der Waals surface area (Å²) in [5.74, 6) is -4.64. The Morgan fingerprint density at radius 2 is 1.43 bits per heavy atom. The minimum absolute atomic E-state index is 0.0144. The van der Waals surface area contributed by atoms with Gasteiger partial charge in [0.1, 0.15) is 6.04 Å². The molecular formula is C26H34N2O6P-. The van der Waals surface area contributed by atoms with Crippen molar-refractivity contribution in [2.45, 2.75) is 51.9 Å². The molecule has 1 unspecified atom stereocenters. The normalized spacial score (nSPS) is 15.5.